The fraction of sp³-hybridized carbons (Fsp3) is 0.300. The van der Waals surface area contributed by atoms with Crippen LogP contribution in [0.2, 0.25) is 0 Å². The maximum absolute atomic E-state index is 12.5. The molecule has 0 aliphatic carbocycles. The molecule has 0 saturated heterocycles. The van der Waals surface area contributed by atoms with Gasteiger partial charge in [0.05, 0.1) is 0 Å². The molecule has 2 amide bonds. The first-order valence-corrected chi connectivity index (χ1v) is 8.23. The van der Waals surface area contributed by atoms with Gasteiger partial charge in [0.2, 0.25) is 5.91 Å². The van der Waals surface area contributed by atoms with Crippen molar-refractivity contribution in [3.8, 4) is 0 Å². The zero-order chi connectivity index (χ0) is 17.7. The van der Waals surface area contributed by atoms with E-state index >= 15 is 0 Å². The monoisotopic (exact) mass is 324 g/mol. The predicted molar refractivity (Wildman–Crippen MR) is 98.4 cm³/mol. The van der Waals surface area contributed by atoms with Crippen LogP contribution in [-0.4, -0.2) is 11.8 Å². The van der Waals surface area contributed by atoms with Crippen LogP contribution in [0.3, 0.4) is 0 Å². The van der Waals surface area contributed by atoms with E-state index in [1.165, 1.54) is 0 Å². The Bertz CT molecular complexity index is 734. The Labute approximate surface area is 143 Å². The van der Waals surface area contributed by atoms with Crippen molar-refractivity contribution < 1.29 is 9.59 Å². The zero-order valence-electron chi connectivity index (χ0n) is 14.6. The van der Waals surface area contributed by atoms with E-state index in [0.717, 1.165) is 23.2 Å². The molecule has 4 heteroatoms. The number of nitrogens with one attached hydrogen (secondary N) is 2. The average molecular weight is 324 g/mol. The Morgan fingerprint density at radius 1 is 1.00 bits per heavy atom. The minimum absolute atomic E-state index is 0.0419. The quantitative estimate of drug-likeness (QED) is 0.856. The second kappa shape index (κ2) is 7.77. The van der Waals surface area contributed by atoms with Gasteiger partial charge in [-0.05, 0) is 48.7 Å². The number of aryl methyl sites for hydroxylation is 2. The number of hydrogen-bond acceptors (Lipinski definition) is 2. The van der Waals surface area contributed by atoms with E-state index in [9.17, 15) is 9.59 Å². The van der Waals surface area contributed by atoms with Gasteiger partial charge in [-0.3, -0.25) is 9.59 Å². The SMILES string of the molecule is CCc1cccc(C)c1NC(=O)c1ccc(NC(=O)C(C)C)cc1. The highest BCUT2D eigenvalue weighted by Gasteiger charge is 2.11. The Morgan fingerprint density at radius 3 is 2.25 bits per heavy atom. The number of carbonyl (C=O) groups is 2. The summed E-state index contributed by atoms with van der Waals surface area (Å²) in [5.41, 5.74) is 4.29. The molecule has 2 rings (SSSR count). The summed E-state index contributed by atoms with van der Waals surface area (Å²) in [7, 11) is 0. The molecule has 0 bridgehead atoms. The van der Waals surface area contributed by atoms with Gasteiger partial charge in [0.25, 0.3) is 5.91 Å². The summed E-state index contributed by atoms with van der Waals surface area (Å²) in [5.74, 6) is -0.276. The number of carbonyl (C=O) groups excluding carboxylic acids is 2. The molecule has 4 nitrogen and oxygen atoms in total. The average Bonchev–Trinajstić information content (AvgIpc) is 2.57. The van der Waals surface area contributed by atoms with Gasteiger partial charge in [-0.2, -0.15) is 0 Å². The fourth-order valence-corrected chi connectivity index (χ4v) is 2.38. The van der Waals surface area contributed by atoms with Gasteiger partial charge >= 0.3 is 0 Å². The minimum atomic E-state index is -0.152. The molecule has 0 unspecified atom stereocenters. The van der Waals surface area contributed by atoms with E-state index in [2.05, 4.69) is 17.6 Å². The van der Waals surface area contributed by atoms with Crippen molar-refractivity contribution in [3.63, 3.8) is 0 Å². The summed E-state index contributed by atoms with van der Waals surface area (Å²) in [6, 6.07) is 12.9. The number of hydrogen-bond donors (Lipinski definition) is 2. The second-order valence-electron chi connectivity index (χ2n) is 6.14. The van der Waals surface area contributed by atoms with Crippen LogP contribution in [0.15, 0.2) is 42.5 Å². The Kier molecular flexibility index (Phi) is 5.74. The third-order valence-corrected chi connectivity index (χ3v) is 3.92. The Balaban J connectivity index is 2.12. The highest BCUT2D eigenvalue weighted by Crippen LogP contribution is 2.22. The lowest BCUT2D eigenvalue weighted by Crippen LogP contribution is -2.18. The Hall–Kier alpha value is -2.62. The molecule has 2 aromatic rings. The van der Waals surface area contributed by atoms with Crippen molar-refractivity contribution in [2.24, 2.45) is 5.92 Å². The Morgan fingerprint density at radius 2 is 1.67 bits per heavy atom. The standard InChI is InChI=1S/C20H24N2O2/c1-5-15-8-6-7-14(4)18(15)22-20(24)16-9-11-17(12-10-16)21-19(23)13(2)3/h6-13H,5H2,1-4H3,(H,21,23)(H,22,24). The van der Waals surface area contributed by atoms with Crippen LogP contribution in [0.1, 0.15) is 42.3 Å². The van der Waals surface area contributed by atoms with Crippen molar-refractivity contribution in [3.05, 3.63) is 59.2 Å². The molecule has 0 spiro atoms. The number of para-hydroxylation sites is 1. The molecule has 2 aromatic carbocycles. The van der Waals surface area contributed by atoms with Crippen LogP contribution >= 0.6 is 0 Å². The summed E-state index contributed by atoms with van der Waals surface area (Å²) >= 11 is 0. The van der Waals surface area contributed by atoms with Crippen LogP contribution < -0.4 is 10.6 Å². The lowest BCUT2D eigenvalue weighted by molar-refractivity contribution is -0.118. The van der Waals surface area contributed by atoms with Crippen LogP contribution in [0.4, 0.5) is 11.4 Å². The highest BCUT2D eigenvalue weighted by molar-refractivity contribution is 6.05. The number of benzene rings is 2. The molecule has 0 aromatic heterocycles. The van der Waals surface area contributed by atoms with Gasteiger partial charge in [0.1, 0.15) is 0 Å². The maximum Gasteiger partial charge on any atom is 0.255 e. The molecular weight excluding hydrogens is 300 g/mol. The third-order valence-electron chi connectivity index (χ3n) is 3.92. The minimum Gasteiger partial charge on any atom is -0.326 e. The zero-order valence-corrected chi connectivity index (χ0v) is 14.6. The molecule has 126 valence electrons. The molecule has 0 aliphatic heterocycles. The summed E-state index contributed by atoms with van der Waals surface area (Å²) in [5, 5.41) is 5.81. The first-order valence-electron chi connectivity index (χ1n) is 8.23. The van der Waals surface area contributed by atoms with E-state index in [1.807, 2.05) is 39.0 Å². The molecule has 0 fully saturated rings. The summed E-state index contributed by atoms with van der Waals surface area (Å²) in [4.78, 5) is 24.2. The van der Waals surface area contributed by atoms with E-state index in [-0.39, 0.29) is 17.7 Å². The number of anilines is 2. The van der Waals surface area contributed by atoms with E-state index in [0.29, 0.717) is 11.3 Å². The van der Waals surface area contributed by atoms with Crippen molar-refractivity contribution in [2.45, 2.75) is 34.1 Å². The highest BCUT2D eigenvalue weighted by atomic mass is 16.2. The molecule has 0 atom stereocenters. The number of amides is 2. The van der Waals surface area contributed by atoms with Crippen molar-refractivity contribution in [1.82, 2.24) is 0 Å². The van der Waals surface area contributed by atoms with Crippen molar-refractivity contribution >= 4 is 23.2 Å². The lowest BCUT2D eigenvalue weighted by atomic mass is 10.1. The van der Waals surface area contributed by atoms with E-state index in [1.54, 1.807) is 24.3 Å². The molecule has 0 saturated carbocycles. The summed E-state index contributed by atoms with van der Waals surface area (Å²) in [6.45, 7) is 7.73. The van der Waals surface area contributed by atoms with Crippen LogP contribution in [0.25, 0.3) is 0 Å². The van der Waals surface area contributed by atoms with Gasteiger partial charge in [-0.15, -0.1) is 0 Å². The summed E-state index contributed by atoms with van der Waals surface area (Å²) < 4.78 is 0. The van der Waals surface area contributed by atoms with Gasteiger partial charge in [-0.25, -0.2) is 0 Å². The van der Waals surface area contributed by atoms with Gasteiger partial charge in [0, 0.05) is 22.9 Å². The van der Waals surface area contributed by atoms with Crippen molar-refractivity contribution in [2.75, 3.05) is 10.6 Å². The van der Waals surface area contributed by atoms with Crippen LogP contribution in [-0.2, 0) is 11.2 Å². The first kappa shape index (κ1) is 17.7. The van der Waals surface area contributed by atoms with Crippen LogP contribution in [0.5, 0.6) is 0 Å². The lowest BCUT2D eigenvalue weighted by Gasteiger charge is -2.13. The third kappa shape index (κ3) is 4.22. The summed E-state index contributed by atoms with van der Waals surface area (Å²) in [6.07, 6.45) is 0.859. The molecule has 0 radical (unpaired) electrons. The maximum atomic E-state index is 12.5. The fourth-order valence-electron chi connectivity index (χ4n) is 2.38. The smallest absolute Gasteiger partial charge is 0.255 e. The molecule has 2 N–H and O–H groups in total. The molecule has 24 heavy (non-hydrogen) atoms. The van der Waals surface area contributed by atoms with Crippen LogP contribution in [0, 0.1) is 12.8 Å². The van der Waals surface area contributed by atoms with Crippen molar-refractivity contribution in [1.29, 1.82) is 0 Å². The number of rotatable bonds is 5. The molecule has 0 aliphatic rings. The van der Waals surface area contributed by atoms with Gasteiger partial charge in [-0.1, -0.05) is 39.0 Å². The van der Waals surface area contributed by atoms with E-state index < -0.39 is 0 Å². The molecule has 0 heterocycles. The van der Waals surface area contributed by atoms with Gasteiger partial charge in [0.15, 0.2) is 0 Å². The van der Waals surface area contributed by atoms with Gasteiger partial charge < -0.3 is 10.6 Å². The normalized spacial score (nSPS) is 10.5. The first-order chi connectivity index (χ1) is 11.4. The van der Waals surface area contributed by atoms with E-state index in [4.69, 9.17) is 0 Å². The largest absolute Gasteiger partial charge is 0.326 e. The predicted octanol–water partition coefficient (Wildman–Crippen LogP) is 4.40. The molecular formula is C20H24N2O2. The second-order valence-corrected chi connectivity index (χ2v) is 6.14. The topological polar surface area (TPSA) is 58.2 Å².